The van der Waals surface area contributed by atoms with Crippen molar-refractivity contribution in [3.63, 3.8) is 0 Å². The minimum Gasteiger partial charge on any atom is -0.366 e. The first-order valence-corrected chi connectivity index (χ1v) is 12.2. The molecule has 4 rings (SSSR count). The van der Waals surface area contributed by atoms with E-state index in [-0.39, 0.29) is 23.5 Å². The van der Waals surface area contributed by atoms with Crippen LogP contribution in [0.5, 0.6) is 0 Å². The van der Waals surface area contributed by atoms with Crippen molar-refractivity contribution < 1.29 is 17.6 Å². The molecule has 0 atom stereocenters. The molecule has 0 unspecified atom stereocenters. The fourth-order valence-electron chi connectivity index (χ4n) is 3.77. The van der Waals surface area contributed by atoms with Gasteiger partial charge in [0.25, 0.3) is 5.91 Å². The number of halogens is 2. The lowest BCUT2D eigenvalue weighted by Crippen LogP contribution is -2.49. The van der Waals surface area contributed by atoms with E-state index in [4.69, 9.17) is 11.6 Å². The number of hydrogen-bond acceptors (Lipinski definition) is 4. The Kier molecular flexibility index (Phi) is 6.69. The number of anilines is 2. The quantitative estimate of drug-likeness (QED) is 0.573. The second-order valence-corrected chi connectivity index (χ2v) is 10.1. The number of nitrogens with zero attached hydrogens (tertiary/aromatic N) is 2. The van der Waals surface area contributed by atoms with E-state index in [0.29, 0.717) is 29.5 Å². The van der Waals surface area contributed by atoms with Gasteiger partial charge in [-0.3, -0.25) is 4.79 Å². The molecule has 0 bridgehead atoms. The van der Waals surface area contributed by atoms with Crippen LogP contribution < -0.4 is 10.2 Å². The third-order valence-corrected chi connectivity index (χ3v) is 7.75. The maximum Gasteiger partial charge on any atom is 0.255 e. The van der Waals surface area contributed by atoms with Crippen LogP contribution in [0.2, 0.25) is 5.02 Å². The summed E-state index contributed by atoms with van der Waals surface area (Å²) in [4.78, 5) is 14.9. The van der Waals surface area contributed by atoms with Crippen LogP contribution in [0.25, 0.3) is 0 Å². The monoisotopic (exact) mass is 487 g/mol. The molecule has 6 nitrogen and oxygen atoms in total. The molecule has 0 radical (unpaired) electrons. The lowest BCUT2D eigenvalue weighted by molar-refractivity contribution is 0.102. The predicted molar refractivity (Wildman–Crippen MR) is 128 cm³/mol. The third kappa shape index (κ3) is 5.03. The summed E-state index contributed by atoms with van der Waals surface area (Å²) in [5, 5.41) is 3.23. The van der Waals surface area contributed by atoms with Gasteiger partial charge in [-0.05, 0) is 49.4 Å². The SMILES string of the molecule is Cc1ccc(S(=O)(=O)N2CCN(c3c(Cl)cccc3NC(=O)c3cccc(F)c3)CC2)cc1. The number of benzene rings is 3. The van der Waals surface area contributed by atoms with Gasteiger partial charge in [-0.15, -0.1) is 0 Å². The summed E-state index contributed by atoms with van der Waals surface area (Å²) in [6.45, 7) is 3.26. The molecular formula is C24H23ClFN3O3S. The summed E-state index contributed by atoms with van der Waals surface area (Å²) in [6, 6.07) is 17.4. The van der Waals surface area contributed by atoms with Gasteiger partial charge in [0.2, 0.25) is 10.0 Å². The fourth-order valence-corrected chi connectivity index (χ4v) is 5.49. The first kappa shape index (κ1) is 23.2. The van der Waals surface area contributed by atoms with Crippen molar-refractivity contribution in [3.05, 3.63) is 88.7 Å². The van der Waals surface area contributed by atoms with Crippen molar-refractivity contribution >= 4 is 38.9 Å². The number of sulfonamides is 1. The van der Waals surface area contributed by atoms with Crippen LogP contribution in [-0.2, 0) is 10.0 Å². The molecular weight excluding hydrogens is 465 g/mol. The van der Waals surface area contributed by atoms with Crippen LogP contribution in [-0.4, -0.2) is 44.8 Å². The summed E-state index contributed by atoms with van der Waals surface area (Å²) in [6.07, 6.45) is 0. The van der Waals surface area contributed by atoms with Crippen molar-refractivity contribution in [1.29, 1.82) is 0 Å². The van der Waals surface area contributed by atoms with Crippen molar-refractivity contribution in [2.24, 2.45) is 0 Å². The van der Waals surface area contributed by atoms with E-state index in [1.807, 2.05) is 11.8 Å². The van der Waals surface area contributed by atoms with E-state index >= 15 is 0 Å². The average molecular weight is 488 g/mol. The van der Waals surface area contributed by atoms with Gasteiger partial charge in [0.15, 0.2) is 0 Å². The molecule has 1 aliphatic rings. The zero-order chi connectivity index (χ0) is 23.6. The number of para-hydroxylation sites is 1. The van der Waals surface area contributed by atoms with Gasteiger partial charge in [-0.1, -0.05) is 41.4 Å². The zero-order valence-corrected chi connectivity index (χ0v) is 19.5. The van der Waals surface area contributed by atoms with Crippen molar-refractivity contribution in [1.82, 2.24) is 4.31 Å². The van der Waals surface area contributed by atoms with Gasteiger partial charge in [0.05, 0.1) is 21.3 Å². The van der Waals surface area contributed by atoms with E-state index in [2.05, 4.69) is 5.32 Å². The van der Waals surface area contributed by atoms with Crippen LogP contribution >= 0.6 is 11.6 Å². The van der Waals surface area contributed by atoms with Crippen LogP contribution in [0.3, 0.4) is 0 Å². The first-order chi connectivity index (χ1) is 15.8. The highest BCUT2D eigenvalue weighted by molar-refractivity contribution is 7.89. The number of rotatable bonds is 5. The van der Waals surface area contributed by atoms with E-state index in [9.17, 15) is 17.6 Å². The van der Waals surface area contributed by atoms with Gasteiger partial charge in [0.1, 0.15) is 5.82 Å². The van der Waals surface area contributed by atoms with Crippen LogP contribution in [0.4, 0.5) is 15.8 Å². The zero-order valence-electron chi connectivity index (χ0n) is 18.0. The minimum absolute atomic E-state index is 0.190. The maximum atomic E-state index is 13.5. The summed E-state index contributed by atoms with van der Waals surface area (Å²) >= 11 is 6.47. The summed E-state index contributed by atoms with van der Waals surface area (Å²) < 4.78 is 41.0. The molecule has 3 aromatic rings. The first-order valence-electron chi connectivity index (χ1n) is 10.4. The molecule has 1 aliphatic heterocycles. The summed E-state index contributed by atoms with van der Waals surface area (Å²) in [5.74, 6) is -0.960. The maximum absolute atomic E-state index is 13.5. The summed E-state index contributed by atoms with van der Waals surface area (Å²) in [5.41, 5.74) is 2.27. The highest BCUT2D eigenvalue weighted by atomic mass is 35.5. The number of carbonyl (C=O) groups excluding carboxylic acids is 1. The van der Waals surface area contributed by atoms with Crippen LogP contribution in [0, 0.1) is 12.7 Å². The second kappa shape index (κ2) is 9.51. The van der Waals surface area contributed by atoms with E-state index < -0.39 is 21.7 Å². The van der Waals surface area contributed by atoms with Crippen molar-refractivity contribution in [2.45, 2.75) is 11.8 Å². The molecule has 1 saturated heterocycles. The second-order valence-electron chi connectivity index (χ2n) is 7.80. The third-order valence-electron chi connectivity index (χ3n) is 5.54. The van der Waals surface area contributed by atoms with Gasteiger partial charge in [-0.2, -0.15) is 4.31 Å². The van der Waals surface area contributed by atoms with Gasteiger partial charge in [0, 0.05) is 31.7 Å². The highest BCUT2D eigenvalue weighted by Crippen LogP contribution is 2.35. The Balaban J connectivity index is 1.52. The number of carbonyl (C=O) groups is 1. The van der Waals surface area contributed by atoms with E-state index in [1.165, 1.54) is 22.5 Å². The molecule has 9 heteroatoms. The summed E-state index contributed by atoms with van der Waals surface area (Å²) in [7, 11) is -3.60. The largest absolute Gasteiger partial charge is 0.366 e. The van der Waals surface area contributed by atoms with Crippen molar-refractivity contribution in [2.75, 3.05) is 36.4 Å². The Hall–Kier alpha value is -2.94. The van der Waals surface area contributed by atoms with E-state index in [1.54, 1.807) is 42.5 Å². The molecule has 1 amide bonds. The van der Waals surface area contributed by atoms with Crippen LogP contribution in [0.15, 0.2) is 71.6 Å². The molecule has 0 aliphatic carbocycles. The van der Waals surface area contributed by atoms with Gasteiger partial charge < -0.3 is 10.2 Å². The number of aryl methyl sites for hydroxylation is 1. The average Bonchev–Trinajstić information content (AvgIpc) is 2.79. The van der Waals surface area contributed by atoms with Gasteiger partial charge >= 0.3 is 0 Å². The topological polar surface area (TPSA) is 69.7 Å². The normalized spacial score (nSPS) is 14.8. The number of nitrogens with one attached hydrogen (secondary N) is 1. The molecule has 0 aromatic heterocycles. The highest BCUT2D eigenvalue weighted by Gasteiger charge is 2.30. The Morgan fingerprint density at radius 1 is 0.970 bits per heavy atom. The minimum atomic E-state index is -3.60. The Morgan fingerprint density at radius 2 is 1.64 bits per heavy atom. The molecule has 33 heavy (non-hydrogen) atoms. The standard InChI is InChI=1S/C24H23ClFN3O3S/c1-17-8-10-20(11-9-17)33(31,32)29-14-12-28(13-15-29)23-21(25)6-3-7-22(23)27-24(30)18-4-2-5-19(26)16-18/h2-11,16H,12-15H2,1H3,(H,27,30). The Morgan fingerprint density at radius 3 is 2.30 bits per heavy atom. The molecule has 1 heterocycles. The van der Waals surface area contributed by atoms with Crippen LogP contribution in [0.1, 0.15) is 15.9 Å². The van der Waals surface area contributed by atoms with E-state index in [0.717, 1.165) is 11.6 Å². The molecule has 3 aromatic carbocycles. The molecule has 172 valence electrons. The number of amides is 1. The molecule has 0 spiro atoms. The lowest BCUT2D eigenvalue weighted by Gasteiger charge is -2.36. The predicted octanol–water partition coefficient (Wildman–Crippen LogP) is 4.55. The number of piperazine rings is 1. The molecule has 1 fully saturated rings. The van der Waals surface area contributed by atoms with Crippen molar-refractivity contribution in [3.8, 4) is 0 Å². The Labute approximate surface area is 197 Å². The lowest BCUT2D eigenvalue weighted by atomic mass is 10.1. The fraction of sp³-hybridized carbons (Fsp3) is 0.208. The Bertz CT molecular complexity index is 1270. The molecule has 1 N–H and O–H groups in total. The molecule has 0 saturated carbocycles. The smallest absolute Gasteiger partial charge is 0.255 e. The number of hydrogen-bond donors (Lipinski definition) is 1. The van der Waals surface area contributed by atoms with Gasteiger partial charge in [-0.25, -0.2) is 12.8 Å².